The van der Waals surface area contributed by atoms with Crippen molar-refractivity contribution in [2.24, 2.45) is 7.05 Å². The van der Waals surface area contributed by atoms with Gasteiger partial charge in [-0.1, -0.05) is 42.1 Å². The highest BCUT2D eigenvalue weighted by Gasteiger charge is 2.17. The molecule has 0 fully saturated rings. The fourth-order valence-electron chi connectivity index (χ4n) is 2.46. The summed E-state index contributed by atoms with van der Waals surface area (Å²) in [7, 11) is 1.55. The SMILES string of the molecule is CCn1c(SCC(=O)c2ccccc2)nc2c1c(=O)[nH]c(=O)n2C. The minimum absolute atomic E-state index is 0.0156. The number of aromatic nitrogens is 4. The Morgan fingerprint density at radius 2 is 1.96 bits per heavy atom. The molecule has 124 valence electrons. The molecule has 2 heterocycles. The van der Waals surface area contributed by atoms with Crippen LogP contribution in [0, 0.1) is 0 Å². The number of nitrogens with zero attached hydrogens (tertiary/aromatic N) is 3. The summed E-state index contributed by atoms with van der Waals surface area (Å²) in [6, 6.07) is 9.01. The number of thioether (sulfide) groups is 1. The van der Waals surface area contributed by atoms with Gasteiger partial charge in [0.05, 0.1) is 5.75 Å². The Bertz CT molecular complexity index is 1020. The predicted octanol–water partition coefficient (Wildman–Crippen LogP) is 1.42. The van der Waals surface area contributed by atoms with Crippen molar-refractivity contribution in [3.8, 4) is 0 Å². The number of carbonyl (C=O) groups is 1. The highest BCUT2D eigenvalue weighted by atomic mass is 32.2. The molecule has 0 aliphatic carbocycles. The first-order chi connectivity index (χ1) is 11.5. The van der Waals surface area contributed by atoms with Crippen LogP contribution < -0.4 is 11.2 Å². The van der Waals surface area contributed by atoms with Crippen molar-refractivity contribution < 1.29 is 4.79 Å². The molecule has 0 aliphatic rings. The minimum atomic E-state index is -0.509. The molecule has 24 heavy (non-hydrogen) atoms. The largest absolute Gasteiger partial charge is 0.329 e. The van der Waals surface area contributed by atoms with Gasteiger partial charge in [-0.15, -0.1) is 0 Å². The highest BCUT2D eigenvalue weighted by Crippen LogP contribution is 2.22. The van der Waals surface area contributed by atoms with Crippen LogP contribution in [-0.2, 0) is 13.6 Å². The number of carbonyl (C=O) groups excluding carboxylic acids is 1. The Morgan fingerprint density at radius 1 is 1.25 bits per heavy atom. The molecule has 0 saturated carbocycles. The standard InChI is InChI=1S/C16H16N4O3S/c1-3-20-12-13(19(2)15(23)18-14(12)22)17-16(20)24-9-11(21)10-7-5-4-6-8-10/h4-8H,3,9H2,1-2H3,(H,18,22,23). The van der Waals surface area contributed by atoms with Crippen LogP contribution >= 0.6 is 11.8 Å². The predicted molar refractivity (Wildman–Crippen MR) is 92.8 cm³/mol. The molecule has 2 aromatic heterocycles. The van der Waals surface area contributed by atoms with Crippen LogP contribution in [0.2, 0.25) is 0 Å². The van der Waals surface area contributed by atoms with Crippen molar-refractivity contribution in [2.45, 2.75) is 18.6 Å². The number of nitrogens with one attached hydrogen (secondary N) is 1. The molecule has 0 radical (unpaired) electrons. The van der Waals surface area contributed by atoms with Gasteiger partial charge in [-0.2, -0.15) is 0 Å². The van der Waals surface area contributed by atoms with Gasteiger partial charge in [-0.05, 0) is 6.92 Å². The van der Waals surface area contributed by atoms with E-state index in [2.05, 4.69) is 9.97 Å². The monoisotopic (exact) mass is 344 g/mol. The molecule has 0 unspecified atom stereocenters. The molecule has 0 spiro atoms. The summed E-state index contributed by atoms with van der Waals surface area (Å²) in [5, 5.41) is 0.545. The van der Waals surface area contributed by atoms with E-state index in [1.54, 1.807) is 23.7 Å². The Labute approximate surface area is 141 Å². The highest BCUT2D eigenvalue weighted by molar-refractivity contribution is 7.99. The second kappa shape index (κ2) is 6.48. The van der Waals surface area contributed by atoms with Gasteiger partial charge in [0.15, 0.2) is 22.1 Å². The molecule has 1 aromatic carbocycles. The number of Topliss-reactive ketones (excluding diaryl/α,β-unsaturated/α-hetero) is 1. The number of fused-ring (bicyclic) bond motifs is 1. The van der Waals surface area contributed by atoms with Crippen LogP contribution in [0.1, 0.15) is 17.3 Å². The summed E-state index contributed by atoms with van der Waals surface area (Å²) < 4.78 is 3.02. The molecule has 7 nitrogen and oxygen atoms in total. The number of imidazole rings is 1. The maximum atomic E-state index is 12.2. The van der Waals surface area contributed by atoms with E-state index in [1.807, 2.05) is 25.1 Å². The average molecular weight is 344 g/mol. The van der Waals surface area contributed by atoms with E-state index in [0.717, 1.165) is 0 Å². The molecular formula is C16H16N4O3S. The third-order valence-corrected chi connectivity index (χ3v) is 4.69. The average Bonchev–Trinajstić information content (AvgIpc) is 2.97. The first-order valence-electron chi connectivity index (χ1n) is 7.43. The summed E-state index contributed by atoms with van der Waals surface area (Å²) in [6.07, 6.45) is 0. The molecule has 0 atom stereocenters. The van der Waals surface area contributed by atoms with Gasteiger partial charge in [-0.25, -0.2) is 9.78 Å². The number of rotatable bonds is 5. The number of ketones is 1. The lowest BCUT2D eigenvalue weighted by atomic mass is 10.2. The lowest BCUT2D eigenvalue weighted by molar-refractivity contribution is 0.102. The van der Waals surface area contributed by atoms with Gasteiger partial charge >= 0.3 is 5.69 Å². The van der Waals surface area contributed by atoms with Crippen molar-refractivity contribution in [3.05, 3.63) is 56.7 Å². The van der Waals surface area contributed by atoms with Crippen LogP contribution in [0.15, 0.2) is 45.1 Å². The van der Waals surface area contributed by atoms with E-state index in [0.29, 0.717) is 28.4 Å². The van der Waals surface area contributed by atoms with Crippen molar-refractivity contribution in [1.82, 2.24) is 19.1 Å². The van der Waals surface area contributed by atoms with Crippen molar-refractivity contribution in [2.75, 3.05) is 5.75 Å². The van der Waals surface area contributed by atoms with Gasteiger partial charge in [-0.3, -0.25) is 19.1 Å². The molecule has 0 aliphatic heterocycles. The lowest BCUT2D eigenvalue weighted by Crippen LogP contribution is -2.29. The van der Waals surface area contributed by atoms with E-state index >= 15 is 0 Å². The number of H-pyrrole nitrogens is 1. The van der Waals surface area contributed by atoms with E-state index in [9.17, 15) is 14.4 Å². The Kier molecular flexibility index (Phi) is 4.39. The lowest BCUT2D eigenvalue weighted by Gasteiger charge is -2.04. The van der Waals surface area contributed by atoms with Gasteiger partial charge in [0.1, 0.15) is 0 Å². The third kappa shape index (κ3) is 2.80. The maximum Gasteiger partial charge on any atom is 0.329 e. The smallest absolute Gasteiger partial charge is 0.313 e. The van der Waals surface area contributed by atoms with Gasteiger partial charge in [0.2, 0.25) is 0 Å². The zero-order valence-corrected chi connectivity index (χ0v) is 14.1. The molecule has 0 amide bonds. The third-order valence-electron chi connectivity index (χ3n) is 3.72. The molecule has 3 rings (SSSR count). The van der Waals surface area contributed by atoms with E-state index < -0.39 is 11.2 Å². The summed E-state index contributed by atoms with van der Waals surface area (Å²) >= 11 is 1.26. The Hall–Kier alpha value is -2.61. The number of hydrogen-bond acceptors (Lipinski definition) is 5. The summed E-state index contributed by atoms with van der Waals surface area (Å²) in [5.74, 6) is 0.192. The number of hydrogen-bond donors (Lipinski definition) is 1. The fourth-order valence-corrected chi connectivity index (χ4v) is 3.41. The Morgan fingerprint density at radius 3 is 2.62 bits per heavy atom. The van der Waals surface area contributed by atoms with E-state index in [-0.39, 0.29) is 11.5 Å². The summed E-state index contributed by atoms with van der Waals surface area (Å²) in [5.41, 5.74) is 0.317. The van der Waals surface area contributed by atoms with Gasteiger partial charge in [0.25, 0.3) is 5.56 Å². The second-order valence-corrected chi connectivity index (χ2v) is 6.15. The zero-order valence-electron chi connectivity index (χ0n) is 13.3. The van der Waals surface area contributed by atoms with Crippen molar-refractivity contribution >= 4 is 28.7 Å². The first-order valence-corrected chi connectivity index (χ1v) is 8.42. The minimum Gasteiger partial charge on any atom is -0.313 e. The van der Waals surface area contributed by atoms with E-state index in [1.165, 1.54) is 16.3 Å². The maximum absolute atomic E-state index is 12.2. The second-order valence-electron chi connectivity index (χ2n) is 5.21. The first kappa shape index (κ1) is 16.3. The zero-order chi connectivity index (χ0) is 17.3. The van der Waals surface area contributed by atoms with Crippen molar-refractivity contribution in [3.63, 3.8) is 0 Å². The molecule has 1 N–H and O–H groups in total. The van der Waals surface area contributed by atoms with Gasteiger partial charge < -0.3 is 4.57 Å². The number of aryl methyl sites for hydroxylation is 2. The van der Waals surface area contributed by atoms with Crippen LogP contribution in [0.3, 0.4) is 0 Å². The molecular weight excluding hydrogens is 328 g/mol. The fraction of sp³-hybridized carbons (Fsp3) is 0.250. The molecule has 0 saturated heterocycles. The van der Waals surface area contributed by atoms with E-state index in [4.69, 9.17) is 0 Å². The van der Waals surface area contributed by atoms with Crippen LogP contribution in [0.5, 0.6) is 0 Å². The van der Waals surface area contributed by atoms with Crippen LogP contribution in [-0.4, -0.2) is 30.6 Å². The molecule has 3 aromatic rings. The summed E-state index contributed by atoms with van der Waals surface area (Å²) in [4.78, 5) is 42.7. The molecule has 8 heteroatoms. The quantitative estimate of drug-likeness (QED) is 0.558. The van der Waals surface area contributed by atoms with Gasteiger partial charge in [0, 0.05) is 19.2 Å². The normalized spacial score (nSPS) is 11.1. The molecule has 0 bridgehead atoms. The Balaban J connectivity index is 1.97. The number of benzene rings is 1. The number of aromatic amines is 1. The van der Waals surface area contributed by atoms with Crippen molar-refractivity contribution in [1.29, 1.82) is 0 Å². The topological polar surface area (TPSA) is 89.8 Å². The summed E-state index contributed by atoms with van der Waals surface area (Å²) in [6.45, 7) is 2.40. The van der Waals surface area contributed by atoms with Crippen LogP contribution in [0.25, 0.3) is 11.2 Å². The van der Waals surface area contributed by atoms with Crippen LogP contribution in [0.4, 0.5) is 0 Å².